The molecule has 0 aromatic carbocycles. The van der Waals surface area contributed by atoms with Crippen LogP contribution in [0.3, 0.4) is 0 Å². The summed E-state index contributed by atoms with van der Waals surface area (Å²) >= 11 is 0. The summed E-state index contributed by atoms with van der Waals surface area (Å²) in [5.41, 5.74) is 1.08. The van der Waals surface area contributed by atoms with Crippen molar-refractivity contribution in [1.82, 2.24) is 9.97 Å². The first-order valence-corrected chi connectivity index (χ1v) is 4.60. The Morgan fingerprint density at radius 2 is 2.14 bits per heavy atom. The van der Waals surface area contributed by atoms with Crippen molar-refractivity contribution in [3.8, 4) is 0 Å². The fourth-order valence-corrected chi connectivity index (χ4v) is 1.42. The Hall–Kier alpha value is -1.45. The number of aliphatic carboxylic acids is 1. The number of carboxylic acid groups (broad SMARTS) is 1. The van der Waals surface area contributed by atoms with Crippen molar-refractivity contribution in [1.29, 1.82) is 0 Å². The lowest BCUT2D eigenvalue weighted by atomic mass is 10.1. The first kappa shape index (κ1) is 9.12. The van der Waals surface area contributed by atoms with E-state index in [9.17, 15) is 4.79 Å². The third-order valence-electron chi connectivity index (χ3n) is 2.81. The Balaban J connectivity index is 2.43. The Morgan fingerprint density at radius 3 is 2.57 bits per heavy atom. The second-order valence-electron chi connectivity index (χ2n) is 3.85. The van der Waals surface area contributed by atoms with Crippen LogP contribution in [0.15, 0.2) is 6.20 Å². The first-order valence-electron chi connectivity index (χ1n) is 4.60. The molecule has 0 bridgehead atoms. The minimum absolute atomic E-state index is 0.466. The summed E-state index contributed by atoms with van der Waals surface area (Å²) in [7, 11) is 0. The van der Waals surface area contributed by atoms with Gasteiger partial charge in [0.1, 0.15) is 11.2 Å². The molecular formula is C10H12N2O2. The lowest BCUT2D eigenvalue weighted by Crippen LogP contribution is -2.23. The quantitative estimate of drug-likeness (QED) is 0.765. The van der Waals surface area contributed by atoms with Crippen molar-refractivity contribution in [2.24, 2.45) is 0 Å². The van der Waals surface area contributed by atoms with Crippen LogP contribution in [0.1, 0.15) is 29.9 Å². The zero-order valence-corrected chi connectivity index (χ0v) is 8.24. The molecule has 0 spiro atoms. The van der Waals surface area contributed by atoms with Gasteiger partial charge in [-0.3, -0.25) is 4.79 Å². The summed E-state index contributed by atoms with van der Waals surface area (Å²) in [6.45, 7) is 3.79. The molecule has 0 aliphatic heterocycles. The van der Waals surface area contributed by atoms with Gasteiger partial charge in [0, 0.05) is 11.9 Å². The van der Waals surface area contributed by atoms with Crippen molar-refractivity contribution in [2.45, 2.75) is 32.1 Å². The molecule has 2 rings (SSSR count). The van der Waals surface area contributed by atoms with Crippen LogP contribution in [-0.4, -0.2) is 21.0 Å². The van der Waals surface area contributed by atoms with Gasteiger partial charge in [0.15, 0.2) is 0 Å². The van der Waals surface area contributed by atoms with Crippen LogP contribution in [0.5, 0.6) is 0 Å². The molecule has 4 heteroatoms. The average molecular weight is 192 g/mol. The number of carboxylic acids is 1. The highest BCUT2D eigenvalue weighted by Crippen LogP contribution is 2.46. The number of aryl methyl sites for hydroxylation is 2. The number of rotatable bonds is 2. The molecule has 14 heavy (non-hydrogen) atoms. The van der Waals surface area contributed by atoms with E-state index in [0.29, 0.717) is 18.7 Å². The van der Waals surface area contributed by atoms with Crippen LogP contribution in [0.2, 0.25) is 0 Å². The fourth-order valence-electron chi connectivity index (χ4n) is 1.42. The van der Waals surface area contributed by atoms with Crippen LogP contribution >= 0.6 is 0 Å². The molecule has 0 unspecified atom stereocenters. The zero-order valence-electron chi connectivity index (χ0n) is 8.24. The van der Waals surface area contributed by atoms with Gasteiger partial charge < -0.3 is 5.11 Å². The zero-order chi connectivity index (χ0) is 10.3. The van der Waals surface area contributed by atoms with Crippen LogP contribution in [0, 0.1) is 13.8 Å². The van der Waals surface area contributed by atoms with Gasteiger partial charge in [-0.2, -0.15) is 0 Å². The van der Waals surface area contributed by atoms with E-state index in [4.69, 9.17) is 5.11 Å². The lowest BCUT2D eigenvalue weighted by molar-refractivity contribution is -0.140. The summed E-state index contributed by atoms with van der Waals surface area (Å²) in [5, 5.41) is 9.04. The maximum absolute atomic E-state index is 11.0. The molecule has 74 valence electrons. The van der Waals surface area contributed by atoms with Gasteiger partial charge in [0.25, 0.3) is 0 Å². The molecule has 1 heterocycles. The van der Waals surface area contributed by atoms with Crippen LogP contribution < -0.4 is 0 Å². The van der Waals surface area contributed by atoms with Gasteiger partial charge in [-0.25, -0.2) is 9.97 Å². The van der Waals surface area contributed by atoms with E-state index >= 15 is 0 Å². The van der Waals surface area contributed by atoms with E-state index in [1.54, 1.807) is 6.20 Å². The van der Waals surface area contributed by atoms with Gasteiger partial charge >= 0.3 is 5.97 Å². The van der Waals surface area contributed by atoms with Crippen molar-refractivity contribution in [2.75, 3.05) is 0 Å². The molecule has 1 aromatic rings. The van der Waals surface area contributed by atoms with Crippen LogP contribution in [0.25, 0.3) is 0 Å². The van der Waals surface area contributed by atoms with Gasteiger partial charge in [-0.05, 0) is 32.3 Å². The number of carbonyl (C=O) groups is 1. The molecule has 0 radical (unpaired) electrons. The maximum atomic E-state index is 11.0. The van der Waals surface area contributed by atoms with E-state index in [2.05, 4.69) is 9.97 Å². The molecule has 1 fully saturated rings. The minimum atomic E-state index is -0.805. The van der Waals surface area contributed by atoms with E-state index in [1.807, 2.05) is 13.8 Å². The lowest BCUT2D eigenvalue weighted by Gasteiger charge is -2.09. The van der Waals surface area contributed by atoms with Gasteiger partial charge in [0.2, 0.25) is 0 Å². The number of aromatic nitrogens is 2. The first-order chi connectivity index (χ1) is 6.56. The third kappa shape index (κ3) is 1.18. The van der Waals surface area contributed by atoms with Crippen LogP contribution in [0.4, 0.5) is 0 Å². The Morgan fingerprint density at radius 1 is 1.50 bits per heavy atom. The maximum Gasteiger partial charge on any atom is 0.317 e. The van der Waals surface area contributed by atoms with Gasteiger partial charge in [-0.1, -0.05) is 0 Å². The molecule has 0 atom stereocenters. The van der Waals surface area contributed by atoms with Crippen molar-refractivity contribution < 1.29 is 9.90 Å². The summed E-state index contributed by atoms with van der Waals surface area (Å²) < 4.78 is 0. The normalized spacial score (nSPS) is 17.9. The summed E-state index contributed by atoms with van der Waals surface area (Å²) in [5.74, 6) is -0.339. The number of nitrogens with zero attached hydrogens (tertiary/aromatic N) is 2. The largest absolute Gasteiger partial charge is 0.480 e. The van der Waals surface area contributed by atoms with E-state index < -0.39 is 11.4 Å². The SMILES string of the molecule is Cc1cnc(C2(C(=O)O)CC2)nc1C. The molecule has 1 aromatic heterocycles. The highest BCUT2D eigenvalue weighted by molar-refractivity contribution is 5.83. The molecular weight excluding hydrogens is 180 g/mol. The molecule has 0 saturated heterocycles. The number of hydrogen-bond donors (Lipinski definition) is 1. The molecule has 4 nitrogen and oxygen atoms in total. The highest BCUT2D eigenvalue weighted by Gasteiger charge is 2.54. The smallest absolute Gasteiger partial charge is 0.317 e. The van der Waals surface area contributed by atoms with E-state index in [0.717, 1.165) is 11.3 Å². The second-order valence-corrected chi connectivity index (χ2v) is 3.85. The molecule has 0 amide bonds. The van der Waals surface area contributed by atoms with Crippen molar-refractivity contribution in [3.63, 3.8) is 0 Å². The summed E-state index contributed by atoms with van der Waals surface area (Å²) in [6, 6.07) is 0. The predicted octanol–water partition coefficient (Wildman–Crippen LogP) is 1.21. The number of hydrogen-bond acceptors (Lipinski definition) is 3. The standard InChI is InChI=1S/C10H12N2O2/c1-6-5-11-8(12-7(6)2)10(3-4-10)9(13)14/h5H,3-4H2,1-2H3,(H,13,14). The predicted molar refractivity (Wildman–Crippen MR) is 50.1 cm³/mol. The fraction of sp³-hybridized carbons (Fsp3) is 0.500. The second kappa shape index (κ2) is 2.77. The molecule has 1 aliphatic rings. The highest BCUT2D eigenvalue weighted by atomic mass is 16.4. The van der Waals surface area contributed by atoms with E-state index in [-0.39, 0.29) is 0 Å². The molecule has 1 saturated carbocycles. The Bertz CT molecular complexity index is 397. The van der Waals surface area contributed by atoms with E-state index in [1.165, 1.54) is 0 Å². The van der Waals surface area contributed by atoms with Crippen molar-refractivity contribution in [3.05, 3.63) is 23.3 Å². The molecule has 1 N–H and O–H groups in total. The van der Waals surface area contributed by atoms with Crippen LogP contribution in [-0.2, 0) is 10.2 Å². The third-order valence-corrected chi connectivity index (χ3v) is 2.81. The van der Waals surface area contributed by atoms with Gasteiger partial charge in [0.05, 0.1) is 0 Å². The topological polar surface area (TPSA) is 63.1 Å². The summed E-state index contributed by atoms with van der Waals surface area (Å²) in [6.07, 6.45) is 3.01. The summed E-state index contributed by atoms with van der Waals surface area (Å²) in [4.78, 5) is 19.3. The molecule has 1 aliphatic carbocycles. The monoisotopic (exact) mass is 192 g/mol. The van der Waals surface area contributed by atoms with Crippen molar-refractivity contribution >= 4 is 5.97 Å². The average Bonchev–Trinajstić information content (AvgIpc) is 2.90. The van der Waals surface area contributed by atoms with Gasteiger partial charge in [-0.15, -0.1) is 0 Å². The Labute approximate surface area is 82.0 Å². The Kier molecular flexibility index (Phi) is 1.80. The minimum Gasteiger partial charge on any atom is -0.480 e.